The van der Waals surface area contributed by atoms with E-state index in [1.807, 2.05) is 0 Å². The van der Waals surface area contributed by atoms with E-state index in [4.69, 9.17) is 5.11 Å². The van der Waals surface area contributed by atoms with E-state index in [1.54, 1.807) is 6.92 Å². The number of sulfonamides is 1. The van der Waals surface area contributed by atoms with Gasteiger partial charge in [-0.2, -0.15) is 9.40 Å². The first kappa shape index (κ1) is 16.1. The Balaban J connectivity index is 3.09. The SMILES string of the molecule is CCOC(=O)CN(CC)S(=O)(=O)c1[nH]ncc1C(=O)O. The molecule has 20 heavy (non-hydrogen) atoms. The van der Waals surface area contributed by atoms with Crippen LogP contribution in [0, 0.1) is 0 Å². The van der Waals surface area contributed by atoms with E-state index in [2.05, 4.69) is 14.9 Å². The first-order valence-corrected chi connectivity index (χ1v) is 7.21. The van der Waals surface area contributed by atoms with E-state index in [1.165, 1.54) is 6.92 Å². The van der Waals surface area contributed by atoms with Crippen molar-refractivity contribution in [2.75, 3.05) is 19.7 Å². The number of likely N-dealkylation sites (N-methyl/N-ethyl adjacent to an activating group) is 1. The fourth-order valence-electron chi connectivity index (χ4n) is 1.47. The van der Waals surface area contributed by atoms with Crippen molar-refractivity contribution in [1.82, 2.24) is 14.5 Å². The zero-order valence-electron chi connectivity index (χ0n) is 11.0. The highest BCUT2D eigenvalue weighted by molar-refractivity contribution is 7.89. The van der Waals surface area contributed by atoms with Gasteiger partial charge in [0.05, 0.1) is 12.8 Å². The van der Waals surface area contributed by atoms with Gasteiger partial charge in [-0.1, -0.05) is 6.92 Å². The molecule has 0 spiro atoms. The molecular weight excluding hydrogens is 290 g/mol. The second-order valence-electron chi connectivity index (χ2n) is 3.65. The van der Waals surface area contributed by atoms with Crippen LogP contribution in [0.3, 0.4) is 0 Å². The molecule has 1 aromatic heterocycles. The Hall–Kier alpha value is -1.94. The van der Waals surface area contributed by atoms with Gasteiger partial charge >= 0.3 is 11.9 Å². The molecule has 1 aromatic rings. The largest absolute Gasteiger partial charge is 0.478 e. The molecule has 0 unspecified atom stereocenters. The van der Waals surface area contributed by atoms with E-state index in [0.29, 0.717) is 0 Å². The van der Waals surface area contributed by atoms with Gasteiger partial charge in [0.15, 0.2) is 5.03 Å². The van der Waals surface area contributed by atoms with Crippen LogP contribution in [0.15, 0.2) is 11.2 Å². The molecule has 1 heterocycles. The van der Waals surface area contributed by atoms with Gasteiger partial charge in [-0.25, -0.2) is 13.2 Å². The van der Waals surface area contributed by atoms with Gasteiger partial charge in [-0.3, -0.25) is 9.89 Å². The number of hydrogen-bond donors (Lipinski definition) is 2. The standard InChI is InChI=1S/C10H15N3O6S/c1-3-13(6-8(14)19-4-2)20(17,18)9-7(10(15)16)5-11-12-9/h5H,3-4,6H2,1-2H3,(H,11,12)(H,15,16). The Kier molecular flexibility index (Phi) is 5.22. The quantitative estimate of drug-likeness (QED) is 0.660. The molecule has 112 valence electrons. The second-order valence-corrected chi connectivity index (χ2v) is 5.53. The number of H-pyrrole nitrogens is 1. The summed E-state index contributed by atoms with van der Waals surface area (Å²) < 4.78 is 30.0. The third-order valence-electron chi connectivity index (χ3n) is 2.40. The van der Waals surface area contributed by atoms with Crippen LogP contribution in [-0.2, 0) is 19.6 Å². The van der Waals surface area contributed by atoms with Gasteiger partial charge in [0.2, 0.25) is 0 Å². The third-order valence-corrected chi connectivity index (χ3v) is 4.29. The van der Waals surface area contributed by atoms with Gasteiger partial charge < -0.3 is 9.84 Å². The highest BCUT2D eigenvalue weighted by atomic mass is 32.2. The Morgan fingerprint density at radius 3 is 2.60 bits per heavy atom. The minimum absolute atomic E-state index is 0.0147. The molecule has 0 aliphatic rings. The fraction of sp³-hybridized carbons (Fsp3) is 0.500. The Morgan fingerprint density at radius 2 is 2.10 bits per heavy atom. The number of nitrogens with one attached hydrogen (secondary N) is 1. The number of carbonyl (C=O) groups is 2. The van der Waals surface area contributed by atoms with Crippen molar-refractivity contribution in [3.8, 4) is 0 Å². The van der Waals surface area contributed by atoms with Gasteiger partial charge in [0.25, 0.3) is 10.0 Å². The summed E-state index contributed by atoms with van der Waals surface area (Å²) in [4.78, 5) is 22.3. The number of nitrogens with zero attached hydrogens (tertiary/aromatic N) is 2. The second kappa shape index (κ2) is 6.48. The molecule has 0 aromatic carbocycles. The molecule has 0 radical (unpaired) electrons. The van der Waals surface area contributed by atoms with E-state index in [0.717, 1.165) is 10.5 Å². The molecule has 2 N–H and O–H groups in total. The van der Waals surface area contributed by atoms with Crippen molar-refractivity contribution >= 4 is 22.0 Å². The predicted molar refractivity (Wildman–Crippen MR) is 66.6 cm³/mol. The number of rotatable bonds is 7. The average molecular weight is 305 g/mol. The van der Waals surface area contributed by atoms with E-state index in [-0.39, 0.29) is 13.2 Å². The highest BCUT2D eigenvalue weighted by Crippen LogP contribution is 2.17. The van der Waals surface area contributed by atoms with Crippen LogP contribution in [0.25, 0.3) is 0 Å². The number of carboxylic acid groups (broad SMARTS) is 1. The normalized spacial score (nSPS) is 11.6. The minimum atomic E-state index is -4.16. The lowest BCUT2D eigenvalue weighted by Gasteiger charge is -2.18. The first-order chi connectivity index (χ1) is 9.34. The van der Waals surface area contributed by atoms with Crippen molar-refractivity contribution < 1.29 is 27.9 Å². The number of aromatic amines is 1. The molecule has 10 heteroatoms. The highest BCUT2D eigenvalue weighted by Gasteiger charge is 2.31. The minimum Gasteiger partial charge on any atom is -0.478 e. The summed E-state index contributed by atoms with van der Waals surface area (Å²) in [5.41, 5.74) is -0.479. The van der Waals surface area contributed by atoms with E-state index in [9.17, 15) is 18.0 Å². The van der Waals surface area contributed by atoms with Gasteiger partial charge in [-0.05, 0) is 6.92 Å². The Bertz CT molecular complexity index is 594. The lowest BCUT2D eigenvalue weighted by molar-refractivity contribution is -0.143. The maximum absolute atomic E-state index is 12.3. The van der Waals surface area contributed by atoms with E-state index < -0.39 is 39.1 Å². The first-order valence-electron chi connectivity index (χ1n) is 5.77. The topological polar surface area (TPSA) is 130 Å². The summed E-state index contributed by atoms with van der Waals surface area (Å²) in [6.07, 6.45) is 0.896. The summed E-state index contributed by atoms with van der Waals surface area (Å²) in [5, 5.41) is 13.9. The zero-order chi connectivity index (χ0) is 15.3. The van der Waals surface area contributed by atoms with Crippen molar-refractivity contribution in [2.24, 2.45) is 0 Å². The van der Waals surface area contributed by atoms with Gasteiger partial charge in [0, 0.05) is 6.54 Å². The van der Waals surface area contributed by atoms with E-state index >= 15 is 0 Å². The third kappa shape index (κ3) is 3.33. The van der Waals surface area contributed by atoms with Crippen LogP contribution >= 0.6 is 0 Å². The monoisotopic (exact) mass is 305 g/mol. The molecule has 0 amide bonds. The van der Waals surface area contributed by atoms with Crippen LogP contribution in [0.2, 0.25) is 0 Å². The molecule has 0 saturated heterocycles. The maximum atomic E-state index is 12.3. The maximum Gasteiger partial charge on any atom is 0.340 e. The van der Waals surface area contributed by atoms with Crippen molar-refractivity contribution in [1.29, 1.82) is 0 Å². The smallest absolute Gasteiger partial charge is 0.340 e. The number of aromatic carboxylic acids is 1. The molecule has 0 aliphatic heterocycles. The Morgan fingerprint density at radius 1 is 1.45 bits per heavy atom. The van der Waals surface area contributed by atoms with Crippen LogP contribution in [-0.4, -0.2) is 59.7 Å². The van der Waals surface area contributed by atoms with Crippen LogP contribution in [0.1, 0.15) is 24.2 Å². The van der Waals surface area contributed by atoms with Crippen molar-refractivity contribution in [3.05, 3.63) is 11.8 Å². The van der Waals surface area contributed by atoms with Gasteiger partial charge in [-0.15, -0.1) is 0 Å². The summed E-state index contributed by atoms with van der Waals surface area (Å²) in [7, 11) is -4.16. The number of hydrogen-bond acceptors (Lipinski definition) is 6. The average Bonchev–Trinajstić information content (AvgIpc) is 2.86. The zero-order valence-corrected chi connectivity index (χ0v) is 11.8. The molecular formula is C10H15N3O6S. The Labute approximate surface area is 115 Å². The number of ether oxygens (including phenoxy) is 1. The lowest BCUT2D eigenvalue weighted by atomic mass is 10.4. The number of carboxylic acids is 1. The number of aromatic nitrogens is 2. The summed E-state index contributed by atoms with van der Waals surface area (Å²) >= 11 is 0. The number of esters is 1. The van der Waals surface area contributed by atoms with Crippen molar-refractivity contribution in [3.63, 3.8) is 0 Å². The van der Waals surface area contributed by atoms with Crippen LogP contribution in [0.4, 0.5) is 0 Å². The van der Waals surface area contributed by atoms with Crippen LogP contribution in [0.5, 0.6) is 0 Å². The summed E-state index contributed by atoms with van der Waals surface area (Å²) in [6.45, 7) is 2.73. The van der Waals surface area contributed by atoms with Crippen LogP contribution < -0.4 is 0 Å². The summed E-state index contributed by atoms with van der Waals surface area (Å²) in [5.74, 6) is -2.14. The molecule has 0 bridgehead atoms. The lowest BCUT2D eigenvalue weighted by Crippen LogP contribution is -2.37. The fourth-order valence-corrected chi connectivity index (χ4v) is 2.93. The molecule has 0 saturated carbocycles. The summed E-state index contributed by atoms with van der Waals surface area (Å²) in [6, 6.07) is 0. The molecule has 0 fully saturated rings. The molecule has 1 rings (SSSR count). The molecule has 0 aliphatic carbocycles. The predicted octanol–water partition coefficient (Wildman–Crippen LogP) is -0.318. The van der Waals surface area contributed by atoms with Crippen molar-refractivity contribution in [2.45, 2.75) is 18.9 Å². The molecule has 0 atom stereocenters. The van der Waals surface area contributed by atoms with Gasteiger partial charge in [0.1, 0.15) is 12.1 Å². The molecule has 9 nitrogen and oxygen atoms in total. The number of carbonyl (C=O) groups excluding carboxylic acids is 1.